The summed E-state index contributed by atoms with van der Waals surface area (Å²) in [6.07, 6.45) is -0.485. The van der Waals surface area contributed by atoms with Crippen molar-refractivity contribution in [3.63, 3.8) is 0 Å². The number of alkyl carbamates (subject to hydrolysis) is 1. The van der Waals surface area contributed by atoms with Crippen molar-refractivity contribution in [2.24, 2.45) is 0 Å². The monoisotopic (exact) mass is 309 g/mol. The fraction of sp³-hybridized carbons (Fsp3) is 0.211. The van der Waals surface area contributed by atoms with Gasteiger partial charge in [0.2, 0.25) is 0 Å². The summed E-state index contributed by atoms with van der Waals surface area (Å²) in [5, 5.41) is 2.60. The third kappa shape index (κ3) is 5.76. The first-order valence-corrected chi connectivity index (χ1v) is 7.45. The Kier molecular flexibility index (Phi) is 6.55. The molecule has 0 bridgehead atoms. The molecule has 23 heavy (non-hydrogen) atoms. The number of hydrogen-bond donors (Lipinski definition) is 1. The highest BCUT2D eigenvalue weighted by molar-refractivity contribution is 5.67. The van der Waals surface area contributed by atoms with E-state index in [1.165, 1.54) is 0 Å². The SMILES string of the molecule is CCOc1ccccc1C#CCNC(=O)OCc1ccccc1. The van der Waals surface area contributed by atoms with Crippen LogP contribution in [0.3, 0.4) is 0 Å². The van der Waals surface area contributed by atoms with E-state index in [1.54, 1.807) is 0 Å². The molecule has 1 amide bonds. The topological polar surface area (TPSA) is 47.6 Å². The summed E-state index contributed by atoms with van der Waals surface area (Å²) < 4.78 is 10.6. The lowest BCUT2D eigenvalue weighted by Crippen LogP contribution is -2.24. The van der Waals surface area contributed by atoms with Gasteiger partial charge in [-0.25, -0.2) is 4.79 Å². The Hall–Kier alpha value is -2.93. The van der Waals surface area contributed by atoms with Crippen molar-refractivity contribution in [2.45, 2.75) is 13.5 Å². The zero-order valence-corrected chi connectivity index (χ0v) is 13.0. The van der Waals surface area contributed by atoms with Crippen molar-refractivity contribution in [2.75, 3.05) is 13.2 Å². The molecule has 0 heterocycles. The lowest BCUT2D eigenvalue weighted by molar-refractivity contribution is 0.141. The van der Waals surface area contributed by atoms with Crippen molar-refractivity contribution >= 4 is 6.09 Å². The highest BCUT2D eigenvalue weighted by atomic mass is 16.5. The van der Waals surface area contributed by atoms with Crippen LogP contribution in [0.25, 0.3) is 0 Å². The number of ether oxygens (including phenoxy) is 2. The molecule has 2 rings (SSSR count). The van der Waals surface area contributed by atoms with E-state index in [-0.39, 0.29) is 13.2 Å². The van der Waals surface area contributed by atoms with Gasteiger partial charge in [0, 0.05) is 0 Å². The highest BCUT2D eigenvalue weighted by Gasteiger charge is 2.01. The first-order chi connectivity index (χ1) is 11.3. The molecule has 1 N–H and O–H groups in total. The molecule has 2 aromatic carbocycles. The minimum absolute atomic E-state index is 0.216. The fourth-order valence-corrected chi connectivity index (χ4v) is 1.88. The van der Waals surface area contributed by atoms with E-state index in [9.17, 15) is 4.79 Å². The number of amides is 1. The van der Waals surface area contributed by atoms with Gasteiger partial charge in [0.15, 0.2) is 0 Å². The zero-order valence-electron chi connectivity index (χ0n) is 13.0. The molecular weight excluding hydrogens is 290 g/mol. The van der Waals surface area contributed by atoms with Gasteiger partial charge in [-0.1, -0.05) is 54.3 Å². The minimum atomic E-state index is -0.485. The lowest BCUT2D eigenvalue weighted by atomic mass is 10.2. The van der Waals surface area contributed by atoms with Gasteiger partial charge in [-0.3, -0.25) is 0 Å². The summed E-state index contributed by atoms with van der Waals surface area (Å²) in [6, 6.07) is 17.1. The smallest absolute Gasteiger partial charge is 0.408 e. The fourth-order valence-electron chi connectivity index (χ4n) is 1.88. The predicted octanol–water partition coefficient (Wildman–Crippen LogP) is 3.36. The Morgan fingerprint density at radius 1 is 1.09 bits per heavy atom. The van der Waals surface area contributed by atoms with Crippen molar-refractivity contribution in [3.05, 3.63) is 65.7 Å². The van der Waals surface area contributed by atoms with Crippen LogP contribution in [-0.2, 0) is 11.3 Å². The Morgan fingerprint density at radius 2 is 1.83 bits per heavy atom. The zero-order chi connectivity index (χ0) is 16.3. The van der Waals surface area contributed by atoms with Crippen LogP contribution >= 0.6 is 0 Å². The van der Waals surface area contributed by atoms with E-state index in [2.05, 4.69) is 17.2 Å². The lowest BCUT2D eigenvalue weighted by Gasteiger charge is -2.05. The predicted molar refractivity (Wildman–Crippen MR) is 89.1 cm³/mol. The number of carbonyl (C=O) groups is 1. The molecular formula is C19H19NO3. The molecule has 0 unspecified atom stereocenters. The highest BCUT2D eigenvalue weighted by Crippen LogP contribution is 2.16. The van der Waals surface area contributed by atoms with Crippen molar-refractivity contribution in [3.8, 4) is 17.6 Å². The molecule has 0 aliphatic rings. The molecule has 0 saturated carbocycles. The average molecular weight is 309 g/mol. The number of nitrogens with one attached hydrogen (secondary N) is 1. The number of hydrogen-bond acceptors (Lipinski definition) is 3. The van der Waals surface area contributed by atoms with Crippen LogP contribution in [0, 0.1) is 11.8 Å². The molecule has 0 atom stereocenters. The Labute approximate surface area is 136 Å². The second-order valence-corrected chi connectivity index (χ2v) is 4.65. The Balaban J connectivity index is 1.78. The molecule has 0 aromatic heterocycles. The maximum absolute atomic E-state index is 11.6. The first-order valence-electron chi connectivity index (χ1n) is 7.45. The molecule has 0 saturated heterocycles. The van der Waals surface area contributed by atoms with Crippen LogP contribution in [0.4, 0.5) is 4.79 Å². The summed E-state index contributed by atoms with van der Waals surface area (Å²) in [7, 11) is 0. The van der Waals surface area contributed by atoms with Gasteiger partial charge in [0.1, 0.15) is 12.4 Å². The van der Waals surface area contributed by atoms with Crippen molar-refractivity contribution in [1.29, 1.82) is 0 Å². The molecule has 118 valence electrons. The number of para-hydroxylation sites is 1. The molecule has 0 aliphatic carbocycles. The van der Waals surface area contributed by atoms with Gasteiger partial charge >= 0.3 is 6.09 Å². The Morgan fingerprint density at radius 3 is 2.61 bits per heavy atom. The summed E-state index contributed by atoms with van der Waals surface area (Å²) in [6.45, 7) is 2.97. The molecule has 0 spiro atoms. The normalized spacial score (nSPS) is 9.43. The van der Waals surface area contributed by atoms with E-state index in [1.807, 2.05) is 61.5 Å². The van der Waals surface area contributed by atoms with Crippen molar-refractivity contribution in [1.82, 2.24) is 5.32 Å². The molecule has 0 fully saturated rings. The van der Waals surface area contributed by atoms with Crippen LogP contribution in [0.5, 0.6) is 5.75 Å². The molecule has 4 heteroatoms. The molecule has 4 nitrogen and oxygen atoms in total. The average Bonchev–Trinajstić information content (AvgIpc) is 2.59. The summed E-state index contributed by atoms with van der Waals surface area (Å²) >= 11 is 0. The van der Waals surface area contributed by atoms with Crippen LogP contribution in [0.2, 0.25) is 0 Å². The summed E-state index contributed by atoms with van der Waals surface area (Å²) in [5.41, 5.74) is 1.74. The van der Waals surface area contributed by atoms with Gasteiger partial charge < -0.3 is 14.8 Å². The third-order valence-electron chi connectivity index (χ3n) is 2.94. The van der Waals surface area contributed by atoms with Gasteiger partial charge in [-0.15, -0.1) is 0 Å². The van der Waals surface area contributed by atoms with Crippen LogP contribution in [0.15, 0.2) is 54.6 Å². The van der Waals surface area contributed by atoms with Crippen LogP contribution < -0.4 is 10.1 Å². The van der Waals surface area contributed by atoms with Crippen molar-refractivity contribution < 1.29 is 14.3 Å². The number of carbonyl (C=O) groups excluding carboxylic acids is 1. The van der Waals surface area contributed by atoms with E-state index in [0.717, 1.165) is 16.9 Å². The quantitative estimate of drug-likeness (QED) is 0.862. The maximum atomic E-state index is 11.6. The number of rotatable bonds is 5. The van der Waals surface area contributed by atoms with Crippen LogP contribution in [0.1, 0.15) is 18.1 Å². The van der Waals surface area contributed by atoms with Gasteiger partial charge in [0.25, 0.3) is 0 Å². The molecule has 0 radical (unpaired) electrons. The van der Waals surface area contributed by atoms with E-state index >= 15 is 0 Å². The second-order valence-electron chi connectivity index (χ2n) is 4.65. The summed E-state index contributed by atoms with van der Waals surface area (Å²) in [4.78, 5) is 11.6. The van der Waals surface area contributed by atoms with E-state index in [0.29, 0.717) is 6.61 Å². The van der Waals surface area contributed by atoms with Gasteiger partial charge in [-0.05, 0) is 24.6 Å². The van der Waals surface area contributed by atoms with Gasteiger partial charge in [0.05, 0.1) is 18.7 Å². The van der Waals surface area contributed by atoms with Crippen LogP contribution in [-0.4, -0.2) is 19.2 Å². The molecule has 0 aliphatic heterocycles. The van der Waals surface area contributed by atoms with E-state index in [4.69, 9.17) is 9.47 Å². The second kappa shape index (κ2) is 9.16. The standard InChI is InChI=1S/C19H19NO3/c1-2-22-18-13-7-6-11-17(18)12-8-14-20-19(21)23-15-16-9-4-3-5-10-16/h3-7,9-11,13H,2,14-15H2,1H3,(H,20,21). The number of benzene rings is 2. The molecule has 2 aromatic rings. The third-order valence-corrected chi connectivity index (χ3v) is 2.94. The van der Waals surface area contributed by atoms with Gasteiger partial charge in [-0.2, -0.15) is 0 Å². The minimum Gasteiger partial charge on any atom is -0.493 e. The summed E-state index contributed by atoms with van der Waals surface area (Å²) in [5.74, 6) is 6.61. The maximum Gasteiger partial charge on any atom is 0.408 e. The Bertz CT molecular complexity index is 687. The van der Waals surface area contributed by atoms with E-state index < -0.39 is 6.09 Å². The largest absolute Gasteiger partial charge is 0.493 e. The first kappa shape index (κ1) is 16.4.